The molecule has 0 saturated carbocycles. The van der Waals surface area contributed by atoms with Gasteiger partial charge in [0.05, 0.1) is 5.39 Å². The molecule has 1 aliphatic rings. The second-order valence-corrected chi connectivity index (χ2v) is 6.98. The number of hydrogen-bond donors (Lipinski definition) is 1. The number of nitrogens with zero attached hydrogens (tertiary/aromatic N) is 2. The molecule has 4 rings (SSSR count). The van der Waals surface area contributed by atoms with Crippen molar-refractivity contribution in [3.05, 3.63) is 64.5 Å². The van der Waals surface area contributed by atoms with Gasteiger partial charge in [-0.25, -0.2) is 9.66 Å². The fraction of sp³-hybridized carbons (Fsp3) is 0.211. The van der Waals surface area contributed by atoms with Gasteiger partial charge in [0.15, 0.2) is 0 Å². The molecular weight excluding hydrogens is 334 g/mol. The lowest BCUT2D eigenvalue weighted by Gasteiger charge is -2.10. The van der Waals surface area contributed by atoms with Crippen LogP contribution in [0.5, 0.6) is 0 Å². The first-order chi connectivity index (χ1) is 12.2. The number of amides is 1. The quantitative estimate of drug-likeness (QED) is 0.731. The van der Waals surface area contributed by atoms with E-state index in [9.17, 15) is 9.59 Å². The Morgan fingerprint density at radius 3 is 2.92 bits per heavy atom. The third-order valence-corrected chi connectivity index (χ3v) is 5.27. The van der Waals surface area contributed by atoms with Gasteiger partial charge in [0.25, 0.3) is 5.56 Å². The molecule has 1 atom stereocenters. The van der Waals surface area contributed by atoms with Crippen LogP contribution in [0.25, 0.3) is 21.3 Å². The van der Waals surface area contributed by atoms with E-state index in [4.69, 9.17) is 0 Å². The van der Waals surface area contributed by atoms with Crippen LogP contribution in [-0.4, -0.2) is 15.6 Å². The fourth-order valence-electron chi connectivity index (χ4n) is 3.13. The lowest BCUT2D eigenvalue weighted by molar-refractivity contribution is -0.117. The average molecular weight is 351 g/mol. The number of thiophene rings is 1. The first kappa shape index (κ1) is 15.8. The van der Waals surface area contributed by atoms with Crippen molar-refractivity contribution in [3.63, 3.8) is 0 Å². The lowest BCUT2D eigenvalue weighted by atomic mass is 10.1. The summed E-state index contributed by atoms with van der Waals surface area (Å²) in [6.45, 7) is 0. The van der Waals surface area contributed by atoms with Crippen molar-refractivity contribution in [1.82, 2.24) is 9.66 Å². The molecule has 6 heteroatoms. The van der Waals surface area contributed by atoms with Crippen LogP contribution in [0.3, 0.4) is 0 Å². The topological polar surface area (TPSA) is 64.0 Å². The molecule has 1 amide bonds. The van der Waals surface area contributed by atoms with Crippen LogP contribution in [0.2, 0.25) is 0 Å². The Balaban J connectivity index is 1.66. The highest BCUT2D eigenvalue weighted by molar-refractivity contribution is 7.17. The summed E-state index contributed by atoms with van der Waals surface area (Å²) in [5, 5.41) is 2.48. The molecule has 0 aliphatic heterocycles. The number of allylic oxidation sites excluding steroid dienone is 2. The molecule has 3 aromatic rings. The lowest BCUT2D eigenvalue weighted by Crippen LogP contribution is -2.33. The average Bonchev–Trinajstić information content (AvgIpc) is 3.28. The van der Waals surface area contributed by atoms with Crippen molar-refractivity contribution in [2.75, 3.05) is 5.43 Å². The summed E-state index contributed by atoms with van der Waals surface area (Å²) >= 11 is 1.43. The third-order valence-electron chi connectivity index (χ3n) is 4.38. The number of carbonyl (C=O) groups is 1. The first-order valence-electron chi connectivity index (χ1n) is 8.23. The highest BCUT2D eigenvalue weighted by atomic mass is 32.1. The van der Waals surface area contributed by atoms with Gasteiger partial charge in [-0.15, -0.1) is 11.3 Å². The zero-order valence-electron chi connectivity index (χ0n) is 13.5. The molecule has 2 heterocycles. The Bertz CT molecular complexity index is 1000. The molecule has 0 fully saturated rings. The summed E-state index contributed by atoms with van der Waals surface area (Å²) in [4.78, 5) is 30.1. The fourth-order valence-corrected chi connectivity index (χ4v) is 4.03. The third kappa shape index (κ3) is 3.13. The van der Waals surface area contributed by atoms with Crippen LogP contribution in [-0.2, 0) is 4.79 Å². The molecule has 1 N–H and O–H groups in total. The Kier molecular flexibility index (Phi) is 4.19. The minimum Gasteiger partial charge on any atom is -0.273 e. The SMILES string of the molecule is O=C(CC1C=CCC1)Nn1cnc2scc(-c3ccccc3)c2c1=O. The van der Waals surface area contributed by atoms with Crippen LogP contribution in [0.4, 0.5) is 0 Å². The predicted molar refractivity (Wildman–Crippen MR) is 100 cm³/mol. The van der Waals surface area contributed by atoms with E-state index in [1.165, 1.54) is 22.3 Å². The van der Waals surface area contributed by atoms with Gasteiger partial charge in [-0.05, 0) is 24.3 Å². The summed E-state index contributed by atoms with van der Waals surface area (Å²) in [6.07, 6.45) is 7.93. The maximum absolute atomic E-state index is 12.9. The Morgan fingerprint density at radius 2 is 2.16 bits per heavy atom. The van der Waals surface area contributed by atoms with Crippen molar-refractivity contribution in [2.45, 2.75) is 19.3 Å². The van der Waals surface area contributed by atoms with Gasteiger partial charge >= 0.3 is 0 Å². The molecule has 5 nitrogen and oxygen atoms in total. The smallest absolute Gasteiger partial charge is 0.273 e. The second-order valence-electron chi connectivity index (χ2n) is 6.12. The number of rotatable bonds is 4. The standard InChI is InChI=1S/C19H17N3O2S/c23-16(10-13-6-4-5-7-13)21-22-12-20-18-17(19(22)24)15(11-25-18)14-8-2-1-3-9-14/h1-4,6,8-9,11-13H,5,7,10H2,(H,21,23). The molecule has 126 valence electrons. The minimum absolute atomic E-state index is 0.170. The molecule has 0 saturated heterocycles. The summed E-state index contributed by atoms with van der Waals surface area (Å²) < 4.78 is 1.20. The molecule has 0 bridgehead atoms. The largest absolute Gasteiger partial charge is 0.281 e. The summed E-state index contributed by atoms with van der Waals surface area (Å²) in [7, 11) is 0. The Hall–Kier alpha value is -2.73. The molecule has 1 aliphatic carbocycles. The second kappa shape index (κ2) is 6.64. The maximum Gasteiger partial charge on any atom is 0.281 e. The van der Waals surface area contributed by atoms with Gasteiger partial charge in [0.2, 0.25) is 5.91 Å². The summed E-state index contributed by atoms with van der Waals surface area (Å²) in [6, 6.07) is 9.73. The van der Waals surface area contributed by atoms with Crippen LogP contribution >= 0.6 is 11.3 Å². The maximum atomic E-state index is 12.9. The zero-order chi connectivity index (χ0) is 17.2. The minimum atomic E-state index is -0.250. The monoisotopic (exact) mass is 351 g/mol. The molecule has 1 aromatic carbocycles. The van der Waals surface area contributed by atoms with E-state index in [2.05, 4.69) is 22.6 Å². The van der Waals surface area contributed by atoms with Crippen LogP contribution < -0.4 is 11.0 Å². The van der Waals surface area contributed by atoms with E-state index >= 15 is 0 Å². The predicted octanol–water partition coefficient (Wildman–Crippen LogP) is 3.55. The summed E-state index contributed by atoms with van der Waals surface area (Å²) in [5.74, 6) is 0.0877. The highest BCUT2D eigenvalue weighted by Crippen LogP contribution is 2.30. The number of hydrogen-bond acceptors (Lipinski definition) is 4. The molecular formula is C19H17N3O2S. The number of benzene rings is 1. The van der Waals surface area contributed by atoms with Gasteiger partial charge in [-0.2, -0.15) is 0 Å². The van der Waals surface area contributed by atoms with Crippen molar-refractivity contribution >= 4 is 27.5 Å². The van der Waals surface area contributed by atoms with E-state index < -0.39 is 0 Å². The molecule has 0 radical (unpaired) electrons. The first-order valence-corrected chi connectivity index (χ1v) is 9.11. The van der Waals surface area contributed by atoms with Gasteiger partial charge in [0.1, 0.15) is 11.2 Å². The van der Waals surface area contributed by atoms with Crippen LogP contribution in [0, 0.1) is 5.92 Å². The van der Waals surface area contributed by atoms with E-state index in [1.807, 2.05) is 35.7 Å². The van der Waals surface area contributed by atoms with E-state index in [1.54, 1.807) is 0 Å². The number of nitrogens with one attached hydrogen (secondary N) is 1. The van der Waals surface area contributed by atoms with Gasteiger partial charge < -0.3 is 0 Å². The normalized spacial score (nSPS) is 16.4. The van der Waals surface area contributed by atoms with E-state index in [0.29, 0.717) is 16.6 Å². The summed E-state index contributed by atoms with van der Waals surface area (Å²) in [5.41, 5.74) is 4.23. The molecule has 1 unspecified atom stereocenters. The number of carbonyl (C=O) groups excluding carboxylic acids is 1. The zero-order valence-corrected chi connectivity index (χ0v) is 14.3. The van der Waals surface area contributed by atoms with Crippen molar-refractivity contribution < 1.29 is 4.79 Å². The van der Waals surface area contributed by atoms with Crippen molar-refractivity contribution in [3.8, 4) is 11.1 Å². The molecule has 0 spiro atoms. The van der Waals surface area contributed by atoms with E-state index in [-0.39, 0.29) is 17.4 Å². The van der Waals surface area contributed by atoms with Crippen LogP contribution in [0.1, 0.15) is 19.3 Å². The number of aromatic nitrogens is 2. The highest BCUT2D eigenvalue weighted by Gasteiger charge is 2.17. The Morgan fingerprint density at radius 1 is 1.32 bits per heavy atom. The van der Waals surface area contributed by atoms with Crippen molar-refractivity contribution in [1.29, 1.82) is 0 Å². The van der Waals surface area contributed by atoms with Crippen LogP contribution in [0.15, 0.2) is 59.0 Å². The molecule has 2 aromatic heterocycles. The Labute approximate surface area is 148 Å². The number of fused-ring (bicyclic) bond motifs is 1. The van der Waals surface area contributed by atoms with Crippen molar-refractivity contribution in [2.24, 2.45) is 5.92 Å². The van der Waals surface area contributed by atoms with Gasteiger partial charge in [-0.1, -0.05) is 42.5 Å². The van der Waals surface area contributed by atoms with E-state index in [0.717, 1.165) is 24.0 Å². The van der Waals surface area contributed by atoms with Gasteiger partial charge in [-0.3, -0.25) is 15.0 Å². The molecule has 25 heavy (non-hydrogen) atoms. The van der Waals surface area contributed by atoms with Gasteiger partial charge in [0, 0.05) is 17.4 Å².